The first-order valence-corrected chi connectivity index (χ1v) is 8.67. The predicted octanol–water partition coefficient (Wildman–Crippen LogP) is 0.626. The summed E-state index contributed by atoms with van der Waals surface area (Å²) in [7, 11) is -1.96. The van der Waals surface area contributed by atoms with Crippen LogP contribution >= 0.6 is 0 Å². The molecule has 7 nitrogen and oxygen atoms in total. The first kappa shape index (κ1) is 16.4. The fourth-order valence-electron chi connectivity index (χ4n) is 2.70. The molecule has 0 radical (unpaired) electrons. The summed E-state index contributed by atoms with van der Waals surface area (Å²) in [4.78, 5) is 0.282. The molecule has 2 rings (SSSR count). The van der Waals surface area contributed by atoms with Crippen molar-refractivity contribution in [2.24, 2.45) is 0 Å². The van der Waals surface area contributed by atoms with Gasteiger partial charge in [0.2, 0.25) is 10.0 Å². The van der Waals surface area contributed by atoms with Gasteiger partial charge in [0.05, 0.1) is 23.5 Å². The molecule has 1 aliphatic heterocycles. The minimum absolute atomic E-state index is 0.0887. The quantitative estimate of drug-likeness (QED) is 0.803. The maximum absolute atomic E-state index is 12.9. The average molecular weight is 316 g/mol. The van der Waals surface area contributed by atoms with Crippen molar-refractivity contribution in [3.63, 3.8) is 0 Å². The van der Waals surface area contributed by atoms with Crippen molar-refractivity contribution in [3.05, 3.63) is 11.4 Å². The van der Waals surface area contributed by atoms with Crippen LogP contribution in [0.1, 0.15) is 31.7 Å². The molecule has 0 spiro atoms. The zero-order valence-corrected chi connectivity index (χ0v) is 13.8. The predicted molar refractivity (Wildman–Crippen MR) is 79.5 cm³/mol. The van der Waals surface area contributed by atoms with Crippen LogP contribution in [-0.4, -0.2) is 55.3 Å². The van der Waals surface area contributed by atoms with Crippen LogP contribution in [-0.2, 0) is 21.3 Å². The summed E-state index contributed by atoms with van der Waals surface area (Å²) >= 11 is 0. The van der Waals surface area contributed by atoms with Gasteiger partial charge in [0.25, 0.3) is 0 Å². The number of aryl methyl sites for hydroxylation is 1. The van der Waals surface area contributed by atoms with Gasteiger partial charge in [0, 0.05) is 20.2 Å². The van der Waals surface area contributed by atoms with Crippen LogP contribution in [0.25, 0.3) is 0 Å². The monoisotopic (exact) mass is 316 g/mol. The number of nitrogens with one attached hydrogen (secondary N) is 2. The minimum Gasteiger partial charge on any atom is -0.377 e. The standard InChI is InChI=1S/C13H24N4O3S/c1-5-14-8-11-13(9(2)15-16-11)21(18,19)17(4)12-6-7-20-10(12)3/h10,12,14H,5-8H2,1-4H3,(H,15,16). The van der Waals surface area contributed by atoms with Crippen molar-refractivity contribution in [3.8, 4) is 0 Å². The lowest BCUT2D eigenvalue weighted by Gasteiger charge is -2.26. The van der Waals surface area contributed by atoms with Gasteiger partial charge in [-0.05, 0) is 26.8 Å². The summed E-state index contributed by atoms with van der Waals surface area (Å²) in [6, 6.07) is -0.128. The third-order valence-electron chi connectivity index (χ3n) is 3.94. The molecule has 0 aliphatic carbocycles. The highest BCUT2D eigenvalue weighted by atomic mass is 32.2. The van der Waals surface area contributed by atoms with E-state index in [9.17, 15) is 8.42 Å². The van der Waals surface area contributed by atoms with Gasteiger partial charge >= 0.3 is 0 Å². The van der Waals surface area contributed by atoms with Crippen molar-refractivity contribution in [2.45, 2.75) is 50.8 Å². The van der Waals surface area contributed by atoms with Crippen LogP contribution in [0.5, 0.6) is 0 Å². The summed E-state index contributed by atoms with van der Waals surface area (Å²) in [6.45, 7) is 7.40. The highest BCUT2D eigenvalue weighted by molar-refractivity contribution is 7.89. The Bertz CT molecular complexity index is 584. The molecule has 1 saturated heterocycles. The van der Waals surface area contributed by atoms with Crippen molar-refractivity contribution in [2.75, 3.05) is 20.2 Å². The van der Waals surface area contributed by atoms with Gasteiger partial charge in [-0.1, -0.05) is 6.92 Å². The number of aromatic amines is 1. The maximum Gasteiger partial charge on any atom is 0.246 e. The number of hydrogen-bond donors (Lipinski definition) is 2. The van der Waals surface area contributed by atoms with E-state index < -0.39 is 10.0 Å². The molecule has 120 valence electrons. The summed E-state index contributed by atoms with van der Waals surface area (Å²) in [5.41, 5.74) is 1.11. The Morgan fingerprint density at radius 3 is 2.81 bits per heavy atom. The molecule has 2 heterocycles. The largest absolute Gasteiger partial charge is 0.377 e. The van der Waals surface area contributed by atoms with Gasteiger partial charge in [0.1, 0.15) is 4.90 Å². The minimum atomic E-state index is -3.58. The van der Waals surface area contributed by atoms with E-state index in [0.29, 0.717) is 24.5 Å². The van der Waals surface area contributed by atoms with Gasteiger partial charge in [-0.2, -0.15) is 9.40 Å². The second-order valence-corrected chi connectivity index (χ2v) is 7.29. The average Bonchev–Trinajstić information content (AvgIpc) is 3.01. The van der Waals surface area contributed by atoms with E-state index in [0.717, 1.165) is 13.0 Å². The van der Waals surface area contributed by atoms with Crippen molar-refractivity contribution >= 4 is 10.0 Å². The zero-order chi connectivity index (χ0) is 15.6. The molecule has 8 heteroatoms. The molecular weight excluding hydrogens is 292 g/mol. The van der Waals surface area contributed by atoms with Gasteiger partial charge in [-0.15, -0.1) is 0 Å². The number of ether oxygens (including phenoxy) is 1. The summed E-state index contributed by atoms with van der Waals surface area (Å²) in [6.07, 6.45) is 0.630. The number of hydrogen-bond acceptors (Lipinski definition) is 5. The molecule has 1 aromatic heterocycles. The topological polar surface area (TPSA) is 87.3 Å². The van der Waals surface area contributed by atoms with E-state index >= 15 is 0 Å². The lowest BCUT2D eigenvalue weighted by molar-refractivity contribution is 0.102. The molecule has 0 bridgehead atoms. The van der Waals surface area contributed by atoms with E-state index in [2.05, 4.69) is 15.5 Å². The maximum atomic E-state index is 12.9. The Hall–Kier alpha value is -0.960. The third kappa shape index (κ3) is 3.13. The Labute approximate surface area is 126 Å². The molecule has 0 aromatic carbocycles. The van der Waals surface area contributed by atoms with Crippen LogP contribution in [0, 0.1) is 6.92 Å². The van der Waals surface area contributed by atoms with Crippen LogP contribution in [0.2, 0.25) is 0 Å². The lowest BCUT2D eigenvalue weighted by Crippen LogP contribution is -2.41. The van der Waals surface area contributed by atoms with E-state index in [1.165, 1.54) is 4.31 Å². The molecule has 2 atom stereocenters. The van der Waals surface area contributed by atoms with E-state index in [1.54, 1.807) is 14.0 Å². The van der Waals surface area contributed by atoms with Crippen LogP contribution < -0.4 is 5.32 Å². The van der Waals surface area contributed by atoms with Crippen LogP contribution in [0.15, 0.2) is 4.90 Å². The second-order valence-electron chi connectivity index (χ2n) is 5.36. The van der Waals surface area contributed by atoms with Gasteiger partial charge in [0.15, 0.2) is 0 Å². The van der Waals surface area contributed by atoms with Gasteiger partial charge < -0.3 is 10.1 Å². The third-order valence-corrected chi connectivity index (χ3v) is 6.03. The molecule has 0 amide bonds. The number of aromatic nitrogens is 2. The zero-order valence-electron chi connectivity index (χ0n) is 13.0. The molecule has 2 N–H and O–H groups in total. The Morgan fingerprint density at radius 1 is 1.52 bits per heavy atom. The first-order chi connectivity index (χ1) is 9.89. The fraction of sp³-hybridized carbons (Fsp3) is 0.769. The number of nitrogens with zero attached hydrogens (tertiary/aromatic N) is 2. The van der Waals surface area contributed by atoms with E-state index in [1.807, 2.05) is 13.8 Å². The number of likely N-dealkylation sites (N-methyl/N-ethyl adjacent to an activating group) is 1. The molecule has 21 heavy (non-hydrogen) atoms. The normalized spacial score (nSPS) is 23.1. The number of H-pyrrole nitrogens is 1. The number of rotatable bonds is 6. The molecule has 1 fully saturated rings. The molecular formula is C13H24N4O3S. The highest BCUT2D eigenvalue weighted by Gasteiger charge is 2.37. The molecule has 2 unspecified atom stereocenters. The van der Waals surface area contributed by atoms with E-state index in [4.69, 9.17) is 4.74 Å². The number of sulfonamides is 1. The lowest BCUT2D eigenvalue weighted by atomic mass is 10.2. The van der Waals surface area contributed by atoms with Crippen molar-refractivity contribution in [1.82, 2.24) is 19.8 Å². The van der Waals surface area contributed by atoms with Crippen LogP contribution in [0.3, 0.4) is 0 Å². The second kappa shape index (κ2) is 6.43. The molecule has 1 aliphatic rings. The van der Waals surface area contributed by atoms with Crippen molar-refractivity contribution < 1.29 is 13.2 Å². The van der Waals surface area contributed by atoms with E-state index in [-0.39, 0.29) is 17.0 Å². The highest BCUT2D eigenvalue weighted by Crippen LogP contribution is 2.27. The molecule has 1 aromatic rings. The van der Waals surface area contributed by atoms with Crippen molar-refractivity contribution in [1.29, 1.82) is 0 Å². The fourth-order valence-corrected chi connectivity index (χ4v) is 4.46. The summed E-state index contributed by atoms with van der Waals surface area (Å²) in [5.74, 6) is 0. The summed E-state index contributed by atoms with van der Waals surface area (Å²) in [5, 5.41) is 10.0. The Kier molecular flexibility index (Phi) is 5.03. The van der Waals surface area contributed by atoms with Crippen LogP contribution in [0.4, 0.5) is 0 Å². The summed E-state index contributed by atoms with van der Waals surface area (Å²) < 4.78 is 32.7. The van der Waals surface area contributed by atoms with Gasteiger partial charge in [-0.25, -0.2) is 8.42 Å². The smallest absolute Gasteiger partial charge is 0.246 e. The Balaban J connectivity index is 2.32. The Morgan fingerprint density at radius 2 is 2.24 bits per heavy atom. The first-order valence-electron chi connectivity index (χ1n) is 7.23. The molecule has 0 saturated carbocycles. The van der Waals surface area contributed by atoms with Gasteiger partial charge in [-0.3, -0.25) is 5.10 Å². The SMILES string of the molecule is CCNCc1n[nH]c(C)c1S(=O)(=O)N(C)C1CCOC1C.